The summed E-state index contributed by atoms with van der Waals surface area (Å²) in [4.78, 5) is 6.04. The lowest BCUT2D eigenvalue weighted by atomic mass is 9.98. The molecule has 3 heteroatoms. The van der Waals surface area contributed by atoms with Crippen LogP contribution in [0.1, 0.15) is 50.2 Å². The number of thiazole rings is 1. The maximum absolute atomic E-state index is 4.66. The molecule has 0 unspecified atom stereocenters. The Morgan fingerprint density at radius 2 is 1.94 bits per heavy atom. The van der Waals surface area contributed by atoms with Gasteiger partial charge in [-0.1, -0.05) is 34.6 Å². The van der Waals surface area contributed by atoms with Crippen molar-refractivity contribution in [1.29, 1.82) is 0 Å². The van der Waals surface area contributed by atoms with Crippen LogP contribution in [-0.4, -0.2) is 11.5 Å². The maximum Gasteiger partial charge on any atom is 0.0984 e. The summed E-state index contributed by atoms with van der Waals surface area (Å²) in [6.07, 6.45) is 0. The van der Waals surface area contributed by atoms with Crippen LogP contribution in [0.5, 0.6) is 0 Å². The van der Waals surface area contributed by atoms with Crippen LogP contribution in [0.3, 0.4) is 0 Å². The summed E-state index contributed by atoms with van der Waals surface area (Å²) >= 11 is 1.84. The van der Waals surface area contributed by atoms with E-state index in [2.05, 4.69) is 51.8 Å². The van der Waals surface area contributed by atoms with Crippen molar-refractivity contribution in [2.24, 2.45) is 5.92 Å². The molecule has 1 N–H and O–H groups in total. The van der Waals surface area contributed by atoms with E-state index in [-0.39, 0.29) is 5.41 Å². The minimum absolute atomic E-state index is 0.172. The fourth-order valence-corrected chi connectivity index (χ4v) is 2.48. The number of nitrogens with one attached hydrogen (secondary N) is 1. The van der Waals surface area contributed by atoms with Gasteiger partial charge in [-0.25, -0.2) is 4.98 Å². The second kappa shape index (κ2) is 5.28. The van der Waals surface area contributed by atoms with Crippen molar-refractivity contribution in [3.8, 4) is 0 Å². The molecule has 1 heterocycles. The summed E-state index contributed by atoms with van der Waals surface area (Å²) < 4.78 is 0. The fourth-order valence-electron chi connectivity index (χ4n) is 1.39. The van der Waals surface area contributed by atoms with E-state index >= 15 is 0 Å². The summed E-state index contributed by atoms with van der Waals surface area (Å²) in [5.74, 6) is 0.704. The Balaban J connectivity index is 2.64. The second-order valence-electron chi connectivity index (χ2n) is 5.80. The highest BCUT2D eigenvalue weighted by molar-refractivity contribution is 7.11. The lowest BCUT2D eigenvalue weighted by Gasteiger charge is -2.13. The average Bonchev–Trinajstić information content (AvgIpc) is 2.46. The number of nitrogens with zero attached hydrogens (tertiary/aromatic N) is 1. The minimum atomic E-state index is 0.172. The lowest BCUT2D eigenvalue weighted by molar-refractivity contribution is 0.553. The zero-order valence-electron chi connectivity index (χ0n) is 11.3. The third-order valence-corrected chi connectivity index (χ3v) is 3.96. The monoisotopic (exact) mass is 240 g/mol. The third-order valence-electron chi connectivity index (χ3n) is 2.37. The van der Waals surface area contributed by atoms with Gasteiger partial charge >= 0.3 is 0 Å². The minimum Gasteiger partial charge on any atom is -0.312 e. The average molecular weight is 240 g/mol. The molecule has 0 bridgehead atoms. The van der Waals surface area contributed by atoms with Crippen molar-refractivity contribution in [2.75, 3.05) is 6.54 Å². The van der Waals surface area contributed by atoms with Gasteiger partial charge in [0.2, 0.25) is 0 Å². The van der Waals surface area contributed by atoms with E-state index in [9.17, 15) is 0 Å². The molecule has 1 aromatic rings. The Hall–Kier alpha value is -0.410. The van der Waals surface area contributed by atoms with E-state index in [0.717, 1.165) is 13.1 Å². The summed E-state index contributed by atoms with van der Waals surface area (Å²) in [6, 6.07) is 0. The molecular weight excluding hydrogens is 216 g/mol. The molecule has 92 valence electrons. The number of hydrogen-bond acceptors (Lipinski definition) is 3. The van der Waals surface area contributed by atoms with Crippen LogP contribution in [0.15, 0.2) is 0 Å². The Kier molecular flexibility index (Phi) is 4.51. The summed E-state index contributed by atoms with van der Waals surface area (Å²) in [5, 5.41) is 4.72. The Bertz CT molecular complexity index is 334. The topological polar surface area (TPSA) is 24.9 Å². The van der Waals surface area contributed by atoms with Gasteiger partial charge in [0.05, 0.1) is 10.7 Å². The molecule has 0 spiro atoms. The van der Waals surface area contributed by atoms with Crippen LogP contribution < -0.4 is 5.32 Å². The molecule has 16 heavy (non-hydrogen) atoms. The fraction of sp³-hybridized carbons (Fsp3) is 0.769. The van der Waals surface area contributed by atoms with Crippen LogP contribution in [-0.2, 0) is 12.0 Å². The van der Waals surface area contributed by atoms with Crippen molar-refractivity contribution < 1.29 is 0 Å². The number of aromatic nitrogens is 1. The maximum atomic E-state index is 4.66. The predicted octanol–water partition coefficient (Wildman–Crippen LogP) is 3.49. The first-order valence-corrected chi connectivity index (χ1v) is 6.80. The molecule has 0 saturated heterocycles. The normalized spacial score (nSPS) is 12.4. The Morgan fingerprint density at radius 3 is 2.38 bits per heavy atom. The summed E-state index contributed by atoms with van der Waals surface area (Å²) in [7, 11) is 0. The van der Waals surface area contributed by atoms with Gasteiger partial charge in [-0.05, 0) is 19.4 Å². The molecule has 0 aromatic carbocycles. The van der Waals surface area contributed by atoms with Crippen molar-refractivity contribution >= 4 is 11.3 Å². The molecule has 0 radical (unpaired) electrons. The molecule has 0 amide bonds. The van der Waals surface area contributed by atoms with E-state index in [0.29, 0.717) is 5.92 Å². The molecule has 0 atom stereocenters. The smallest absolute Gasteiger partial charge is 0.0984 e. The van der Waals surface area contributed by atoms with Gasteiger partial charge in [0.1, 0.15) is 0 Å². The molecule has 0 saturated carbocycles. The van der Waals surface area contributed by atoms with Crippen LogP contribution in [0.4, 0.5) is 0 Å². The summed E-state index contributed by atoms with van der Waals surface area (Å²) in [5.41, 5.74) is 1.36. The van der Waals surface area contributed by atoms with Gasteiger partial charge in [0.25, 0.3) is 0 Å². The van der Waals surface area contributed by atoms with Crippen molar-refractivity contribution in [1.82, 2.24) is 10.3 Å². The van der Waals surface area contributed by atoms with E-state index in [1.165, 1.54) is 15.6 Å². The zero-order valence-corrected chi connectivity index (χ0v) is 12.2. The van der Waals surface area contributed by atoms with E-state index in [4.69, 9.17) is 0 Å². The lowest BCUT2D eigenvalue weighted by Crippen LogP contribution is -2.18. The third kappa shape index (κ3) is 3.87. The standard InChI is InChI=1S/C13H24N2S/c1-9(2)7-14-8-11-10(3)15-12(16-11)13(4,5)6/h9,14H,7-8H2,1-6H3. The van der Waals surface area contributed by atoms with Gasteiger partial charge in [0.15, 0.2) is 0 Å². The molecule has 2 nitrogen and oxygen atoms in total. The van der Waals surface area contributed by atoms with E-state index in [1.54, 1.807) is 0 Å². The molecule has 0 aliphatic heterocycles. The SMILES string of the molecule is Cc1nc(C(C)(C)C)sc1CNCC(C)C. The number of aryl methyl sites for hydroxylation is 1. The van der Waals surface area contributed by atoms with Crippen molar-refractivity contribution in [2.45, 2.75) is 53.5 Å². The predicted molar refractivity (Wildman–Crippen MR) is 72.1 cm³/mol. The van der Waals surface area contributed by atoms with Crippen LogP contribution in [0.2, 0.25) is 0 Å². The highest BCUT2D eigenvalue weighted by Crippen LogP contribution is 2.28. The molecule has 0 aliphatic rings. The van der Waals surface area contributed by atoms with Crippen molar-refractivity contribution in [3.05, 3.63) is 15.6 Å². The van der Waals surface area contributed by atoms with Gasteiger partial charge in [0, 0.05) is 16.8 Å². The Morgan fingerprint density at radius 1 is 1.31 bits per heavy atom. The quantitative estimate of drug-likeness (QED) is 0.871. The van der Waals surface area contributed by atoms with Crippen LogP contribution >= 0.6 is 11.3 Å². The molecular formula is C13H24N2S. The largest absolute Gasteiger partial charge is 0.312 e. The summed E-state index contributed by atoms with van der Waals surface area (Å²) in [6.45, 7) is 15.3. The highest BCUT2D eigenvalue weighted by Gasteiger charge is 2.19. The van der Waals surface area contributed by atoms with E-state index < -0.39 is 0 Å². The van der Waals surface area contributed by atoms with Gasteiger partial charge in [-0.3, -0.25) is 0 Å². The molecule has 1 rings (SSSR count). The first-order valence-electron chi connectivity index (χ1n) is 5.98. The van der Waals surface area contributed by atoms with Gasteiger partial charge in [-0.15, -0.1) is 11.3 Å². The van der Waals surface area contributed by atoms with E-state index in [1.807, 2.05) is 11.3 Å². The van der Waals surface area contributed by atoms with Crippen LogP contribution in [0, 0.1) is 12.8 Å². The highest BCUT2D eigenvalue weighted by atomic mass is 32.1. The Labute approximate surface area is 103 Å². The molecule has 0 fully saturated rings. The first kappa shape index (κ1) is 13.7. The second-order valence-corrected chi connectivity index (χ2v) is 6.89. The number of rotatable bonds is 4. The van der Waals surface area contributed by atoms with Gasteiger partial charge in [-0.2, -0.15) is 0 Å². The molecule has 0 aliphatic carbocycles. The van der Waals surface area contributed by atoms with Crippen molar-refractivity contribution in [3.63, 3.8) is 0 Å². The molecule has 1 aromatic heterocycles. The van der Waals surface area contributed by atoms with Gasteiger partial charge < -0.3 is 5.32 Å². The zero-order chi connectivity index (χ0) is 12.3. The van der Waals surface area contributed by atoms with Crippen LogP contribution in [0.25, 0.3) is 0 Å². The number of hydrogen-bond donors (Lipinski definition) is 1. The first-order chi connectivity index (χ1) is 7.30.